The van der Waals surface area contributed by atoms with Gasteiger partial charge < -0.3 is 20.5 Å². The van der Waals surface area contributed by atoms with E-state index in [1.807, 2.05) is 0 Å². The Morgan fingerprint density at radius 2 is 1.89 bits per heavy atom. The Balaban J connectivity index is 1.31. The third-order valence-electron chi connectivity index (χ3n) is 9.86. The van der Waals surface area contributed by atoms with Gasteiger partial charge in [-0.2, -0.15) is 0 Å². The molecule has 8 atom stereocenters. The molecule has 0 bridgehead atoms. The van der Waals surface area contributed by atoms with Gasteiger partial charge in [0.05, 0.1) is 30.6 Å². The van der Waals surface area contributed by atoms with E-state index in [-0.39, 0.29) is 54.2 Å². The predicted molar refractivity (Wildman–Crippen MR) is 144 cm³/mol. The molecule has 5 aliphatic rings. The lowest BCUT2D eigenvalue weighted by molar-refractivity contribution is -0.128. The molecule has 9 heteroatoms. The van der Waals surface area contributed by atoms with E-state index in [0.29, 0.717) is 39.0 Å². The zero-order chi connectivity index (χ0) is 26.9. The average molecular weight is 532 g/mol. The number of ether oxygens (including phenoxy) is 1. The number of rotatable bonds is 4. The number of carbonyl (C=O) groups is 1. The second kappa shape index (κ2) is 11.9. The van der Waals surface area contributed by atoms with Crippen LogP contribution in [-0.2, 0) is 9.53 Å². The van der Waals surface area contributed by atoms with Crippen molar-refractivity contribution in [3.05, 3.63) is 12.7 Å². The second-order valence-electron chi connectivity index (χ2n) is 12.2. The molecule has 5 N–H and O–H groups in total. The molecule has 3 aliphatic heterocycles. The van der Waals surface area contributed by atoms with Crippen LogP contribution in [0.3, 0.4) is 0 Å². The number of likely N-dealkylation sites (tertiary alicyclic amines) is 2. The Labute approximate surface area is 226 Å². The first kappa shape index (κ1) is 28.0. The maximum absolute atomic E-state index is 15.6. The van der Waals surface area contributed by atoms with Crippen molar-refractivity contribution in [3.8, 4) is 11.8 Å². The van der Waals surface area contributed by atoms with Crippen molar-refractivity contribution in [2.45, 2.75) is 107 Å². The molecule has 0 aromatic rings. The van der Waals surface area contributed by atoms with Gasteiger partial charge in [-0.15, -0.1) is 0 Å². The standard InChI is InChI=1S/C29H46FN5O3/c1-3-24(36)35-15-13-29(37,14-16-35)12-11-22-25(26-27(31)32-18-33-28(26)34(22)2)19-9-10-23(21(30)17-19)38-20-7-5-4-6-8-20/h3,19-23,25-28,32-33,37H,1,4-10,13-18,31H2,2H3. The highest BCUT2D eigenvalue weighted by Gasteiger charge is 2.54. The highest BCUT2D eigenvalue weighted by molar-refractivity contribution is 5.87. The molecule has 0 spiro atoms. The minimum absolute atomic E-state index is 0.0477. The monoisotopic (exact) mass is 531 g/mol. The van der Waals surface area contributed by atoms with E-state index in [9.17, 15) is 9.90 Å². The van der Waals surface area contributed by atoms with Gasteiger partial charge in [-0.25, -0.2) is 4.39 Å². The van der Waals surface area contributed by atoms with Gasteiger partial charge in [0.25, 0.3) is 0 Å². The number of aliphatic hydroxyl groups is 1. The Bertz CT molecular complexity index is 910. The quantitative estimate of drug-likeness (QED) is 0.323. The maximum Gasteiger partial charge on any atom is 0.245 e. The fraction of sp³-hybridized carbons (Fsp3) is 0.828. The number of nitrogens with zero attached hydrogens (tertiary/aromatic N) is 2. The molecule has 212 valence electrons. The number of halogens is 1. The summed E-state index contributed by atoms with van der Waals surface area (Å²) in [5.74, 6) is 6.84. The number of amides is 1. The van der Waals surface area contributed by atoms with Gasteiger partial charge in [-0.1, -0.05) is 37.7 Å². The highest BCUT2D eigenvalue weighted by atomic mass is 19.1. The first-order chi connectivity index (χ1) is 18.3. The molecule has 5 fully saturated rings. The smallest absolute Gasteiger partial charge is 0.245 e. The van der Waals surface area contributed by atoms with Gasteiger partial charge in [0.2, 0.25) is 5.91 Å². The molecule has 3 heterocycles. The fourth-order valence-corrected chi connectivity index (χ4v) is 7.67. The number of carbonyl (C=O) groups excluding carboxylic acids is 1. The van der Waals surface area contributed by atoms with Crippen LogP contribution >= 0.6 is 0 Å². The third-order valence-corrected chi connectivity index (χ3v) is 9.86. The first-order valence-corrected chi connectivity index (χ1v) is 14.7. The van der Waals surface area contributed by atoms with Crippen molar-refractivity contribution in [2.24, 2.45) is 23.5 Å². The minimum atomic E-state index is -1.14. The predicted octanol–water partition coefficient (Wildman–Crippen LogP) is 1.69. The molecular weight excluding hydrogens is 485 g/mol. The van der Waals surface area contributed by atoms with E-state index in [4.69, 9.17) is 10.5 Å². The zero-order valence-corrected chi connectivity index (χ0v) is 22.8. The van der Waals surface area contributed by atoms with Crippen molar-refractivity contribution < 1.29 is 19.0 Å². The van der Waals surface area contributed by atoms with E-state index in [0.717, 1.165) is 25.7 Å². The number of nitrogens with two attached hydrogens (primary N) is 1. The van der Waals surface area contributed by atoms with Crippen molar-refractivity contribution >= 4 is 5.91 Å². The second-order valence-corrected chi connectivity index (χ2v) is 12.2. The minimum Gasteiger partial charge on any atom is -0.377 e. The lowest BCUT2D eigenvalue weighted by Crippen LogP contribution is -2.63. The van der Waals surface area contributed by atoms with Crippen LogP contribution in [0.2, 0.25) is 0 Å². The third kappa shape index (κ3) is 5.81. The SMILES string of the molecule is C=CC(=O)N1CCC(O)(C#CC2C(C3CCC(OC4CCCCC4)C(F)C3)C3C(N)NCNC3N2C)CC1. The summed E-state index contributed by atoms with van der Waals surface area (Å²) in [5, 5.41) is 18.1. The summed E-state index contributed by atoms with van der Waals surface area (Å²) in [6, 6.07) is -0.145. The summed E-state index contributed by atoms with van der Waals surface area (Å²) >= 11 is 0. The van der Waals surface area contributed by atoms with Crippen LogP contribution in [-0.4, -0.2) is 90.0 Å². The van der Waals surface area contributed by atoms with Gasteiger partial charge in [-0.05, 0) is 57.1 Å². The number of hydrogen-bond acceptors (Lipinski definition) is 7. The molecule has 5 rings (SSSR count). The van der Waals surface area contributed by atoms with Crippen LogP contribution in [0.1, 0.15) is 64.2 Å². The zero-order valence-electron chi connectivity index (χ0n) is 22.8. The Hall–Kier alpha value is -1.54. The van der Waals surface area contributed by atoms with Gasteiger partial charge in [0, 0.05) is 38.5 Å². The Morgan fingerprint density at radius 3 is 2.58 bits per heavy atom. The largest absolute Gasteiger partial charge is 0.377 e. The maximum atomic E-state index is 15.6. The first-order valence-electron chi connectivity index (χ1n) is 14.7. The van der Waals surface area contributed by atoms with Crippen LogP contribution in [0.4, 0.5) is 4.39 Å². The van der Waals surface area contributed by atoms with E-state index in [1.54, 1.807) is 4.90 Å². The van der Waals surface area contributed by atoms with Crippen LogP contribution in [0, 0.1) is 29.6 Å². The summed E-state index contributed by atoms with van der Waals surface area (Å²) < 4.78 is 21.9. The molecule has 38 heavy (non-hydrogen) atoms. The summed E-state index contributed by atoms with van der Waals surface area (Å²) in [4.78, 5) is 15.9. The molecule has 8 unspecified atom stereocenters. The molecule has 2 saturated carbocycles. The molecule has 8 nitrogen and oxygen atoms in total. The summed E-state index contributed by atoms with van der Waals surface area (Å²) in [6.45, 7) is 5.08. The molecular formula is C29H46FN5O3. The van der Waals surface area contributed by atoms with Gasteiger partial charge in [0.15, 0.2) is 0 Å². The molecule has 1 amide bonds. The van der Waals surface area contributed by atoms with Gasteiger partial charge in [0.1, 0.15) is 11.8 Å². The fourth-order valence-electron chi connectivity index (χ4n) is 7.67. The Morgan fingerprint density at radius 1 is 1.16 bits per heavy atom. The highest BCUT2D eigenvalue weighted by Crippen LogP contribution is 2.46. The van der Waals surface area contributed by atoms with Crippen molar-refractivity contribution in [2.75, 3.05) is 26.8 Å². The summed E-state index contributed by atoms with van der Waals surface area (Å²) in [7, 11) is 2.06. The van der Waals surface area contributed by atoms with Crippen LogP contribution in [0.25, 0.3) is 0 Å². The van der Waals surface area contributed by atoms with Crippen LogP contribution < -0.4 is 16.4 Å². The van der Waals surface area contributed by atoms with Crippen molar-refractivity contribution in [1.29, 1.82) is 0 Å². The summed E-state index contributed by atoms with van der Waals surface area (Å²) in [5.41, 5.74) is 5.47. The molecule has 3 saturated heterocycles. The van der Waals surface area contributed by atoms with Crippen LogP contribution in [0.15, 0.2) is 12.7 Å². The van der Waals surface area contributed by atoms with E-state index >= 15 is 4.39 Å². The lowest BCUT2D eigenvalue weighted by Gasteiger charge is -2.42. The Kier molecular flexibility index (Phi) is 8.78. The number of alkyl halides is 1. The lowest BCUT2D eigenvalue weighted by atomic mass is 9.70. The normalized spacial score (nSPS) is 40.2. The molecule has 2 aliphatic carbocycles. The van der Waals surface area contributed by atoms with Gasteiger partial charge >= 0.3 is 0 Å². The van der Waals surface area contributed by atoms with Gasteiger partial charge in [-0.3, -0.25) is 20.3 Å². The average Bonchev–Trinajstić information content (AvgIpc) is 3.22. The number of nitrogens with one attached hydrogen (secondary N) is 2. The van der Waals surface area contributed by atoms with E-state index in [2.05, 4.69) is 41.0 Å². The molecule has 0 aromatic carbocycles. The van der Waals surface area contributed by atoms with E-state index in [1.165, 1.54) is 25.3 Å². The summed E-state index contributed by atoms with van der Waals surface area (Å²) in [6.07, 6.45) is 8.70. The van der Waals surface area contributed by atoms with E-state index < -0.39 is 11.8 Å². The van der Waals surface area contributed by atoms with Crippen molar-refractivity contribution in [3.63, 3.8) is 0 Å². The number of hydrogen-bond donors (Lipinski definition) is 4. The van der Waals surface area contributed by atoms with Crippen molar-refractivity contribution in [1.82, 2.24) is 20.4 Å². The number of fused-ring (bicyclic) bond motifs is 1. The molecule has 0 radical (unpaired) electrons. The topological polar surface area (TPSA) is 103 Å². The molecule has 0 aromatic heterocycles. The van der Waals surface area contributed by atoms with Crippen LogP contribution in [0.5, 0.6) is 0 Å². The number of piperidine rings is 1.